The van der Waals surface area contributed by atoms with Gasteiger partial charge in [-0.1, -0.05) is 0 Å². The molecule has 0 bridgehead atoms. The number of carbonyl (C=O) groups excluding carboxylic acids is 1. The quantitative estimate of drug-likeness (QED) is 0.109. The standard InChI is InChI=1S/C18H29N3O17P2/c1-7(22)19-11-14(26)12(24)8(5-33-2)36-17(11)37-40(31,32)38-39(29,30)34-6-9-13(25)15(27)16(35-9)21-4-3-10(23)20-18(21)28/h3-4,8-9,11-17,24-27H,5-6H2,1-2H3,(H,19,22)(H,29,30)(H,31,32)(H,20,23,28)/t8?,9-,11?,12?,13-,14?,15-,16-,17?/m1/s1. The Balaban J connectivity index is 1.66. The fraction of sp³-hybridized carbons (Fsp3) is 0.722. The number of phosphoric acid groups is 2. The van der Waals surface area contributed by atoms with Gasteiger partial charge in [0, 0.05) is 26.3 Å². The molecule has 0 radical (unpaired) electrons. The number of aliphatic hydroxyl groups excluding tert-OH is 4. The summed E-state index contributed by atoms with van der Waals surface area (Å²) in [6, 6.07) is -0.702. The maximum absolute atomic E-state index is 12.5. The minimum Gasteiger partial charge on any atom is -0.388 e. The van der Waals surface area contributed by atoms with E-state index >= 15 is 0 Å². The van der Waals surface area contributed by atoms with Crippen molar-refractivity contribution < 1.29 is 71.7 Å². The van der Waals surface area contributed by atoms with E-state index < -0.39 is 94.6 Å². The molecule has 2 aliphatic heterocycles. The summed E-state index contributed by atoms with van der Waals surface area (Å²) in [5.41, 5.74) is -1.74. The fourth-order valence-electron chi connectivity index (χ4n) is 3.91. The van der Waals surface area contributed by atoms with Crippen LogP contribution in [0.2, 0.25) is 0 Å². The summed E-state index contributed by atoms with van der Waals surface area (Å²) < 4.78 is 54.6. The second kappa shape index (κ2) is 13.0. The summed E-state index contributed by atoms with van der Waals surface area (Å²) in [6.07, 6.45) is -12.4. The van der Waals surface area contributed by atoms with Crippen molar-refractivity contribution in [1.82, 2.24) is 14.9 Å². The van der Waals surface area contributed by atoms with Crippen LogP contribution in [0.5, 0.6) is 0 Å². The molecule has 1 aromatic rings. The number of hydrogen-bond donors (Lipinski definition) is 8. The topological polar surface area (TPSA) is 295 Å². The molecule has 11 atom stereocenters. The lowest BCUT2D eigenvalue weighted by Crippen LogP contribution is -2.64. The zero-order chi connectivity index (χ0) is 30.0. The predicted octanol–water partition coefficient (Wildman–Crippen LogP) is -4.00. The van der Waals surface area contributed by atoms with Crippen molar-refractivity contribution >= 4 is 21.6 Å². The van der Waals surface area contributed by atoms with Crippen molar-refractivity contribution in [3.8, 4) is 0 Å². The average molecular weight is 621 g/mol. The lowest BCUT2D eigenvalue weighted by Gasteiger charge is -2.42. The molecule has 8 N–H and O–H groups in total. The zero-order valence-corrected chi connectivity index (χ0v) is 22.6. The third-order valence-corrected chi connectivity index (χ3v) is 8.31. The van der Waals surface area contributed by atoms with E-state index in [0.717, 1.165) is 23.8 Å². The van der Waals surface area contributed by atoms with E-state index in [1.54, 1.807) is 0 Å². The number of aromatic nitrogens is 2. The zero-order valence-electron chi connectivity index (χ0n) is 20.8. The molecule has 2 aliphatic rings. The summed E-state index contributed by atoms with van der Waals surface area (Å²) >= 11 is 0. The maximum Gasteiger partial charge on any atom is 0.483 e. The number of hydrogen-bond acceptors (Lipinski definition) is 15. The molecule has 3 rings (SSSR count). The second-order valence-corrected chi connectivity index (χ2v) is 11.7. The average Bonchev–Trinajstić information content (AvgIpc) is 3.11. The monoisotopic (exact) mass is 621 g/mol. The summed E-state index contributed by atoms with van der Waals surface area (Å²) in [5, 5.41) is 43.1. The van der Waals surface area contributed by atoms with Crippen molar-refractivity contribution in [1.29, 1.82) is 0 Å². The number of amides is 1. The first-order chi connectivity index (χ1) is 18.5. The minimum atomic E-state index is -5.59. The fourth-order valence-corrected chi connectivity index (χ4v) is 6.07. The van der Waals surface area contributed by atoms with E-state index in [9.17, 15) is 53.7 Å². The second-order valence-electron chi connectivity index (χ2n) is 8.69. The van der Waals surface area contributed by atoms with Gasteiger partial charge >= 0.3 is 21.3 Å². The van der Waals surface area contributed by atoms with Gasteiger partial charge in [-0.15, -0.1) is 0 Å². The number of nitrogens with zero attached hydrogens (tertiary/aromatic N) is 1. The normalized spacial score (nSPS) is 35.5. The molecular formula is C18H29N3O17P2. The number of rotatable bonds is 11. The highest BCUT2D eigenvalue weighted by Gasteiger charge is 2.50. The van der Waals surface area contributed by atoms with Crippen molar-refractivity contribution in [2.75, 3.05) is 20.3 Å². The van der Waals surface area contributed by atoms with E-state index in [-0.39, 0.29) is 6.61 Å². The van der Waals surface area contributed by atoms with Crippen molar-refractivity contribution in [3.63, 3.8) is 0 Å². The Morgan fingerprint density at radius 1 is 1.02 bits per heavy atom. The van der Waals surface area contributed by atoms with Gasteiger partial charge in [0.15, 0.2) is 12.5 Å². The van der Waals surface area contributed by atoms with Crippen LogP contribution in [0.1, 0.15) is 13.2 Å². The molecule has 7 unspecified atom stereocenters. The summed E-state index contributed by atoms with van der Waals surface area (Å²) in [7, 11) is -9.87. The van der Waals surface area contributed by atoms with Crippen LogP contribution in [0.25, 0.3) is 0 Å². The molecule has 1 aromatic heterocycles. The lowest BCUT2D eigenvalue weighted by atomic mass is 9.97. The number of phosphoric ester groups is 2. The largest absolute Gasteiger partial charge is 0.483 e. The maximum atomic E-state index is 12.5. The van der Waals surface area contributed by atoms with E-state index in [2.05, 4.69) is 14.2 Å². The first-order valence-electron chi connectivity index (χ1n) is 11.4. The van der Waals surface area contributed by atoms with Crippen LogP contribution >= 0.6 is 15.6 Å². The highest BCUT2D eigenvalue weighted by atomic mass is 31.3. The van der Waals surface area contributed by atoms with E-state index in [1.807, 2.05) is 4.98 Å². The van der Waals surface area contributed by atoms with Gasteiger partial charge in [0.1, 0.15) is 42.7 Å². The highest BCUT2D eigenvalue weighted by Crippen LogP contribution is 2.61. The number of aromatic amines is 1. The molecule has 20 nitrogen and oxygen atoms in total. The summed E-state index contributed by atoms with van der Waals surface area (Å²) in [6.45, 7) is -0.322. The summed E-state index contributed by atoms with van der Waals surface area (Å²) in [4.78, 5) is 56.7. The van der Waals surface area contributed by atoms with Gasteiger partial charge in [0.05, 0.1) is 13.2 Å². The molecule has 40 heavy (non-hydrogen) atoms. The molecule has 1 amide bonds. The molecule has 0 aromatic carbocycles. The first kappa shape index (κ1) is 32.6. The molecule has 22 heteroatoms. The van der Waals surface area contributed by atoms with Gasteiger partial charge in [0.2, 0.25) is 5.91 Å². The van der Waals surface area contributed by atoms with Gasteiger partial charge in [-0.25, -0.2) is 13.9 Å². The van der Waals surface area contributed by atoms with E-state index in [0.29, 0.717) is 0 Å². The van der Waals surface area contributed by atoms with Gasteiger partial charge in [0.25, 0.3) is 5.56 Å². The van der Waals surface area contributed by atoms with Crippen LogP contribution in [0, 0.1) is 0 Å². The Labute approximate surface area is 224 Å². The molecular weight excluding hydrogens is 592 g/mol. The van der Waals surface area contributed by atoms with Crippen LogP contribution in [0.4, 0.5) is 0 Å². The van der Waals surface area contributed by atoms with Crippen LogP contribution < -0.4 is 16.6 Å². The Bertz CT molecular complexity index is 1260. The van der Waals surface area contributed by atoms with Crippen LogP contribution in [-0.2, 0) is 41.5 Å². The summed E-state index contributed by atoms with van der Waals surface area (Å²) in [5.74, 6) is -0.761. The molecule has 0 spiro atoms. The third kappa shape index (κ3) is 7.90. The van der Waals surface area contributed by atoms with Gasteiger partial charge < -0.3 is 49.7 Å². The Hall–Kier alpha value is -1.87. The Kier molecular flexibility index (Phi) is 10.6. The molecule has 0 saturated carbocycles. The van der Waals surface area contributed by atoms with Crippen molar-refractivity contribution in [2.45, 2.75) is 62.1 Å². The van der Waals surface area contributed by atoms with Gasteiger partial charge in [-0.2, -0.15) is 4.31 Å². The highest BCUT2D eigenvalue weighted by molar-refractivity contribution is 7.61. The SMILES string of the molecule is COCC1OC(OP(=O)(O)OP(=O)(O)OC[C@H]2O[C@@H](n3ccc(=O)[nH]c3=O)[C@H](O)[C@@H]2O)C(NC(C)=O)C(O)C1O. The van der Waals surface area contributed by atoms with Crippen LogP contribution in [0.3, 0.4) is 0 Å². The smallest absolute Gasteiger partial charge is 0.388 e. The lowest BCUT2D eigenvalue weighted by molar-refractivity contribution is -0.249. The van der Waals surface area contributed by atoms with Crippen molar-refractivity contribution in [2.24, 2.45) is 0 Å². The van der Waals surface area contributed by atoms with Crippen LogP contribution in [0.15, 0.2) is 21.9 Å². The first-order valence-corrected chi connectivity index (χ1v) is 14.3. The number of carbonyl (C=O) groups is 1. The molecule has 2 fully saturated rings. The Morgan fingerprint density at radius 3 is 2.25 bits per heavy atom. The molecule has 0 aliphatic carbocycles. The molecule has 2 saturated heterocycles. The molecule has 3 heterocycles. The van der Waals surface area contributed by atoms with E-state index in [1.165, 1.54) is 7.11 Å². The predicted molar refractivity (Wildman–Crippen MR) is 125 cm³/mol. The van der Waals surface area contributed by atoms with Crippen molar-refractivity contribution in [3.05, 3.63) is 33.1 Å². The van der Waals surface area contributed by atoms with E-state index in [4.69, 9.17) is 18.7 Å². The molecule has 228 valence electrons. The number of aliphatic hydroxyl groups is 4. The number of H-pyrrole nitrogens is 1. The third-order valence-electron chi connectivity index (χ3n) is 5.71. The van der Waals surface area contributed by atoms with Gasteiger partial charge in [-0.05, 0) is 0 Å². The van der Waals surface area contributed by atoms with Gasteiger partial charge in [-0.3, -0.25) is 28.2 Å². The van der Waals surface area contributed by atoms with Crippen LogP contribution in [-0.4, -0.2) is 115 Å². The number of methoxy groups -OCH3 is 1. The number of nitrogens with one attached hydrogen (secondary N) is 2. The minimum absolute atomic E-state index is 0.329. The number of ether oxygens (including phenoxy) is 3. The Morgan fingerprint density at radius 2 is 1.65 bits per heavy atom.